The number of urea groups is 1. The molecular formula is C19H18ClFN2O4. The van der Waals surface area contributed by atoms with Crippen molar-refractivity contribution in [3.05, 3.63) is 59.4 Å². The van der Waals surface area contributed by atoms with Gasteiger partial charge in [-0.2, -0.15) is 0 Å². The van der Waals surface area contributed by atoms with Crippen molar-refractivity contribution in [3.8, 4) is 5.75 Å². The van der Waals surface area contributed by atoms with Crippen LogP contribution in [0.4, 0.5) is 14.9 Å². The Balaban J connectivity index is 1.75. The van der Waals surface area contributed by atoms with Crippen molar-refractivity contribution in [3.63, 3.8) is 0 Å². The van der Waals surface area contributed by atoms with Crippen LogP contribution in [0, 0.1) is 5.82 Å². The molecule has 0 aliphatic carbocycles. The van der Waals surface area contributed by atoms with Crippen molar-refractivity contribution in [2.75, 3.05) is 19.0 Å². The second kappa shape index (κ2) is 8.26. The molecule has 0 spiro atoms. The molecule has 2 aromatic carbocycles. The van der Waals surface area contributed by atoms with Crippen molar-refractivity contribution in [1.29, 1.82) is 0 Å². The normalized spacial score (nSPS) is 18.9. The third-order valence-electron chi connectivity index (χ3n) is 4.24. The number of hydrogen-bond acceptors (Lipinski definition) is 4. The molecule has 1 saturated heterocycles. The van der Waals surface area contributed by atoms with E-state index in [1.165, 1.54) is 24.1 Å². The number of amides is 2. The fourth-order valence-corrected chi connectivity index (χ4v) is 3.12. The second-order valence-corrected chi connectivity index (χ2v) is 6.41. The van der Waals surface area contributed by atoms with E-state index in [-0.39, 0.29) is 18.7 Å². The summed E-state index contributed by atoms with van der Waals surface area (Å²) in [4.78, 5) is 26.1. The highest BCUT2D eigenvalue weighted by molar-refractivity contribution is 6.33. The number of para-hydroxylation sites is 2. The molecule has 2 amide bonds. The smallest absolute Gasteiger partial charge is 0.328 e. The zero-order valence-electron chi connectivity index (χ0n) is 14.5. The average molecular weight is 393 g/mol. The molecule has 2 aromatic rings. The number of rotatable bonds is 4. The van der Waals surface area contributed by atoms with E-state index in [9.17, 15) is 14.0 Å². The summed E-state index contributed by atoms with van der Waals surface area (Å²) in [7, 11) is 1.25. The highest BCUT2D eigenvalue weighted by Crippen LogP contribution is 2.27. The number of benzene rings is 2. The standard InChI is InChI=1S/C19H18ClFN2O4/c1-26-18(24)16-10-12(27-17-9-5-3-7-14(17)21)11-23(16)19(25)22-15-8-4-2-6-13(15)20/h2-9,12,16H,10-11H2,1H3,(H,22,25). The monoisotopic (exact) mass is 392 g/mol. The number of ether oxygens (including phenoxy) is 2. The molecule has 1 N–H and O–H groups in total. The molecule has 2 atom stereocenters. The molecule has 0 bridgehead atoms. The molecule has 1 heterocycles. The van der Waals surface area contributed by atoms with Crippen LogP contribution >= 0.6 is 11.6 Å². The SMILES string of the molecule is COC(=O)C1CC(Oc2ccccc2F)CN1C(=O)Nc1ccccc1Cl. The van der Waals surface area contributed by atoms with Crippen LogP contribution < -0.4 is 10.1 Å². The van der Waals surface area contributed by atoms with E-state index < -0.39 is 30.0 Å². The lowest BCUT2D eigenvalue weighted by Crippen LogP contribution is -2.43. The minimum Gasteiger partial charge on any atom is -0.485 e. The van der Waals surface area contributed by atoms with Gasteiger partial charge in [-0.15, -0.1) is 0 Å². The van der Waals surface area contributed by atoms with Gasteiger partial charge in [-0.1, -0.05) is 35.9 Å². The van der Waals surface area contributed by atoms with E-state index in [1.807, 2.05) is 0 Å². The van der Waals surface area contributed by atoms with Crippen LogP contribution in [-0.2, 0) is 9.53 Å². The Bertz CT molecular complexity index is 848. The first-order valence-corrected chi connectivity index (χ1v) is 8.68. The van der Waals surface area contributed by atoms with Crippen LogP contribution in [0.3, 0.4) is 0 Å². The van der Waals surface area contributed by atoms with Gasteiger partial charge in [0.15, 0.2) is 11.6 Å². The Hall–Kier alpha value is -2.80. The van der Waals surface area contributed by atoms with Gasteiger partial charge in [-0.25, -0.2) is 14.0 Å². The number of esters is 1. The first-order chi connectivity index (χ1) is 13.0. The average Bonchev–Trinajstić information content (AvgIpc) is 3.09. The third-order valence-corrected chi connectivity index (χ3v) is 4.57. The van der Waals surface area contributed by atoms with Gasteiger partial charge in [0, 0.05) is 6.42 Å². The number of carbonyl (C=O) groups excluding carboxylic acids is 2. The van der Waals surface area contributed by atoms with Crippen LogP contribution in [0.15, 0.2) is 48.5 Å². The number of anilines is 1. The molecule has 1 aliphatic heterocycles. The molecule has 0 saturated carbocycles. The lowest BCUT2D eigenvalue weighted by Gasteiger charge is -2.23. The molecular weight excluding hydrogens is 375 g/mol. The molecule has 142 valence electrons. The number of hydrogen-bond donors (Lipinski definition) is 1. The summed E-state index contributed by atoms with van der Waals surface area (Å²) in [5.74, 6) is -1.01. The Morgan fingerprint density at radius 2 is 1.89 bits per heavy atom. The molecule has 1 aliphatic rings. The number of nitrogens with one attached hydrogen (secondary N) is 1. The number of carbonyl (C=O) groups is 2. The third kappa shape index (κ3) is 4.31. The fourth-order valence-electron chi connectivity index (χ4n) is 2.94. The van der Waals surface area contributed by atoms with E-state index >= 15 is 0 Å². The van der Waals surface area contributed by atoms with Crippen molar-refractivity contribution < 1.29 is 23.5 Å². The number of nitrogens with zero attached hydrogens (tertiary/aromatic N) is 1. The Morgan fingerprint density at radius 1 is 1.19 bits per heavy atom. The van der Waals surface area contributed by atoms with E-state index in [2.05, 4.69) is 5.32 Å². The molecule has 3 rings (SSSR count). The quantitative estimate of drug-likeness (QED) is 0.805. The maximum absolute atomic E-state index is 13.8. The van der Waals surface area contributed by atoms with Crippen molar-refractivity contribution in [2.45, 2.75) is 18.6 Å². The summed E-state index contributed by atoms with van der Waals surface area (Å²) in [6.45, 7) is 0.102. The van der Waals surface area contributed by atoms with Crippen LogP contribution in [-0.4, -0.2) is 42.7 Å². The van der Waals surface area contributed by atoms with Crippen molar-refractivity contribution >= 4 is 29.3 Å². The second-order valence-electron chi connectivity index (χ2n) is 6.01. The van der Waals surface area contributed by atoms with Gasteiger partial charge < -0.3 is 19.7 Å². The van der Waals surface area contributed by atoms with Gasteiger partial charge in [-0.05, 0) is 24.3 Å². The summed E-state index contributed by atoms with van der Waals surface area (Å²) in [6.07, 6.45) is -0.361. The van der Waals surface area contributed by atoms with E-state index in [0.29, 0.717) is 10.7 Å². The van der Waals surface area contributed by atoms with Crippen LogP contribution in [0.2, 0.25) is 5.02 Å². The molecule has 6 nitrogen and oxygen atoms in total. The van der Waals surface area contributed by atoms with E-state index in [4.69, 9.17) is 21.1 Å². The topological polar surface area (TPSA) is 67.9 Å². The zero-order chi connectivity index (χ0) is 19.4. The van der Waals surface area contributed by atoms with Crippen LogP contribution in [0.1, 0.15) is 6.42 Å². The Morgan fingerprint density at radius 3 is 2.59 bits per heavy atom. The zero-order valence-corrected chi connectivity index (χ0v) is 15.3. The lowest BCUT2D eigenvalue weighted by atomic mass is 10.2. The maximum Gasteiger partial charge on any atom is 0.328 e. The summed E-state index contributed by atoms with van der Waals surface area (Å²) in [5, 5.41) is 3.05. The molecule has 8 heteroatoms. The van der Waals surface area contributed by atoms with Gasteiger partial charge in [0.25, 0.3) is 0 Å². The fraction of sp³-hybridized carbons (Fsp3) is 0.263. The first-order valence-electron chi connectivity index (χ1n) is 8.30. The van der Waals surface area contributed by atoms with Gasteiger partial charge in [0.05, 0.1) is 24.4 Å². The first kappa shape index (κ1) is 19.0. The molecule has 0 aromatic heterocycles. The van der Waals surface area contributed by atoms with Crippen LogP contribution in [0.25, 0.3) is 0 Å². The van der Waals surface area contributed by atoms with Gasteiger partial charge in [0.1, 0.15) is 12.1 Å². The number of methoxy groups -OCH3 is 1. The summed E-state index contributed by atoms with van der Waals surface area (Å²) >= 11 is 6.06. The number of halogens is 2. The predicted molar refractivity (Wildman–Crippen MR) is 98.4 cm³/mol. The Kier molecular flexibility index (Phi) is 5.81. The maximum atomic E-state index is 13.8. The van der Waals surface area contributed by atoms with Crippen molar-refractivity contribution in [1.82, 2.24) is 4.90 Å². The van der Waals surface area contributed by atoms with Crippen molar-refractivity contribution in [2.24, 2.45) is 0 Å². The molecule has 1 fully saturated rings. The van der Waals surface area contributed by atoms with E-state index in [0.717, 1.165) is 0 Å². The van der Waals surface area contributed by atoms with E-state index in [1.54, 1.807) is 36.4 Å². The minimum atomic E-state index is -0.839. The van der Waals surface area contributed by atoms with Crippen LogP contribution in [0.5, 0.6) is 5.75 Å². The minimum absolute atomic E-state index is 0.0690. The summed E-state index contributed by atoms with van der Waals surface area (Å²) in [5.41, 5.74) is 0.422. The lowest BCUT2D eigenvalue weighted by molar-refractivity contribution is -0.144. The summed E-state index contributed by atoms with van der Waals surface area (Å²) in [6, 6.07) is 11.4. The highest BCUT2D eigenvalue weighted by atomic mass is 35.5. The highest BCUT2D eigenvalue weighted by Gasteiger charge is 2.42. The largest absolute Gasteiger partial charge is 0.485 e. The van der Waals surface area contributed by atoms with Gasteiger partial charge in [-0.3, -0.25) is 0 Å². The molecule has 2 unspecified atom stereocenters. The predicted octanol–water partition coefficient (Wildman–Crippen LogP) is 3.71. The van der Waals surface area contributed by atoms with Gasteiger partial charge in [0.2, 0.25) is 0 Å². The summed E-state index contributed by atoms with van der Waals surface area (Å²) < 4.78 is 24.3. The Labute approximate surface area is 160 Å². The molecule has 27 heavy (non-hydrogen) atoms. The number of likely N-dealkylation sites (tertiary alicyclic amines) is 1. The van der Waals surface area contributed by atoms with Gasteiger partial charge >= 0.3 is 12.0 Å². The molecule has 0 radical (unpaired) electrons.